The van der Waals surface area contributed by atoms with Gasteiger partial charge in [-0.25, -0.2) is 5.48 Å². The van der Waals surface area contributed by atoms with Gasteiger partial charge in [-0.15, -0.1) is 0 Å². The summed E-state index contributed by atoms with van der Waals surface area (Å²) < 4.78 is 0. The maximum Gasteiger partial charge on any atom is 0.0812 e. The van der Waals surface area contributed by atoms with Crippen molar-refractivity contribution < 1.29 is 4.84 Å². The second-order valence-corrected chi connectivity index (χ2v) is 4.18. The van der Waals surface area contributed by atoms with E-state index in [0.29, 0.717) is 0 Å². The maximum absolute atomic E-state index is 5.37. The summed E-state index contributed by atoms with van der Waals surface area (Å²) in [6, 6.07) is 5.92. The molecule has 0 aromatic carbocycles. The molecule has 0 amide bonds. The second-order valence-electron chi connectivity index (χ2n) is 4.18. The molecule has 1 aromatic rings. The molecule has 14 heavy (non-hydrogen) atoms. The lowest BCUT2D eigenvalue weighted by atomic mass is 10.2. The molecular weight excluding hydrogens is 176 g/mol. The van der Waals surface area contributed by atoms with Gasteiger partial charge in [-0.05, 0) is 32.9 Å². The van der Waals surface area contributed by atoms with Gasteiger partial charge < -0.3 is 0 Å². The van der Waals surface area contributed by atoms with Crippen LogP contribution in [0.15, 0.2) is 24.4 Å². The fraction of sp³-hybridized carbons (Fsp3) is 0.545. The summed E-state index contributed by atoms with van der Waals surface area (Å²) in [4.78, 5) is 9.59. The van der Waals surface area contributed by atoms with Crippen LogP contribution in [0, 0.1) is 0 Å². The molecule has 3 nitrogen and oxygen atoms in total. The summed E-state index contributed by atoms with van der Waals surface area (Å²) in [7, 11) is 0. The Morgan fingerprint density at radius 1 is 1.36 bits per heavy atom. The molecule has 3 heteroatoms. The quantitative estimate of drug-likeness (QED) is 0.587. The monoisotopic (exact) mass is 194 g/mol. The van der Waals surface area contributed by atoms with E-state index in [0.717, 1.165) is 18.7 Å². The Hall–Kier alpha value is -0.930. The molecule has 78 valence electrons. The number of hydroxylamine groups is 1. The number of nitrogens with zero attached hydrogens (tertiary/aromatic N) is 1. The molecule has 1 rings (SSSR count). The van der Waals surface area contributed by atoms with Crippen LogP contribution in [0.5, 0.6) is 0 Å². The Morgan fingerprint density at radius 2 is 2.14 bits per heavy atom. The van der Waals surface area contributed by atoms with Crippen molar-refractivity contribution in [3.63, 3.8) is 0 Å². The highest BCUT2D eigenvalue weighted by Gasteiger charge is 2.09. The van der Waals surface area contributed by atoms with Gasteiger partial charge in [0.15, 0.2) is 0 Å². The van der Waals surface area contributed by atoms with Gasteiger partial charge in [0.05, 0.1) is 5.60 Å². The smallest absolute Gasteiger partial charge is 0.0812 e. The second kappa shape index (κ2) is 5.08. The van der Waals surface area contributed by atoms with Crippen LogP contribution in [0.4, 0.5) is 0 Å². The Kier molecular flexibility index (Phi) is 4.04. The van der Waals surface area contributed by atoms with Gasteiger partial charge in [0.1, 0.15) is 0 Å². The van der Waals surface area contributed by atoms with Crippen LogP contribution < -0.4 is 5.48 Å². The Morgan fingerprint density at radius 3 is 2.71 bits per heavy atom. The third kappa shape index (κ3) is 4.94. The Bertz CT molecular complexity index is 254. The van der Waals surface area contributed by atoms with Crippen LogP contribution in [0.25, 0.3) is 0 Å². The minimum atomic E-state index is -0.135. The van der Waals surface area contributed by atoms with Crippen molar-refractivity contribution in [1.82, 2.24) is 10.5 Å². The molecule has 0 fully saturated rings. The molecular formula is C11H18N2O. The van der Waals surface area contributed by atoms with Gasteiger partial charge in [-0.1, -0.05) is 6.07 Å². The lowest BCUT2D eigenvalue weighted by Crippen LogP contribution is -2.30. The van der Waals surface area contributed by atoms with Crippen molar-refractivity contribution in [3.8, 4) is 0 Å². The van der Waals surface area contributed by atoms with Gasteiger partial charge in [-0.3, -0.25) is 9.82 Å². The number of aromatic nitrogens is 1. The molecule has 0 unspecified atom stereocenters. The van der Waals surface area contributed by atoms with E-state index >= 15 is 0 Å². The van der Waals surface area contributed by atoms with Crippen molar-refractivity contribution in [2.75, 3.05) is 6.54 Å². The SMILES string of the molecule is CC(C)(C)ONCCc1ccccn1. The van der Waals surface area contributed by atoms with Crippen molar-refractivity contribution in [2.45, 2.75) is 32.8 Å². The molecule has 0 saturated heterocycles. The van der Waals surface area contributed by atoms with Gasteiger partial charge >= 0.3 is 0 Å². The maximum atomic E-state index is 5.37. The largest absolute Gasteiger partial charge is 0.296 e. The number of hydrogen-bond donors (Lipinski definition) is 1. The van der Waals surface area contributed by atoms with E-state index in [-0.39, 0.29) is 5.60 Å². The minimum absolute atomic E-state index is 0.135. The Labute approximate surface area is 85.5 Å². The normalized spacial score (nSPS) is 11.6. The van der Waals surface area contributed by atoms with Crippen LogP contribution >= 0.6 is 0 Å². The van der Waals surface area contributed by atoms with E-state index < -0.39 is 0 Å². The van der Waals surface area contributed by atoms with E-state index in [1.165, 1.54) is 0 Å². The number of nitrogens with one attached hydrogen (secondary N) is 1. The summed E-state index contributed by atoms with van der Waals surface area (Å²) in [5.74, 6) is 0. The van der Waals surface area contributed by atoms with Gasteiger partial charge in [0.25, 0.3) is 0 Å². The van der Waals surface area contributed by atoms with Crippen LogP contribution in [-0.4, -0.2) is 17.1 Å². The van der Waals surface area contributed by atoms with Crippen molar-refractivity contribution in [2.24, 2.45) is 0 Å². The fourth-order valence-electron chi connectivity index (χ4n) is 0.993. The average molecular weight is 194 g/mol. The summed E-state index contributed by atoms with van der Waals surface area (Å²) in [5, 5.41) is 0. The molecule has 1 heterocycles. The van der Waals surface area contributed by atoms with Crippen molar-refractivity contribution in [3.05, 3.63) is 30.1 Å². The minimum Gasteiger partial charge on any atom is -0.296 e. The van der Waals surface area contributed by atoms with E-state index in [4.69, 9.17) is 4.84 Å². The molecule has 0 aliphatic heterocycles. The van der Waals surface area contributed by atoms with Crippen LogP contribution in [0.3, 0.4) is 0 Å². The zero-order chi connectivity index (χ0) is 10.4. The first-order chi connectivity index (χ1) is 6.58. The predicted octanol–water partition coefficient (Wildman–Crippen LogP) is 1.94. The standard InChI is InChI=1S/C11H18N2O/c1-11(2,3)14-13-9-7-10-6-4-5-8-12-10/h4-6,8,13H,7,9H2,1-3H3. The molecule has 0 radical (unpaired) electrons. The number of rotatable bonds is 4. The Balaban J connectivity index is 2.17. The number of pyridine rings is 1. The molecule has 0 aliphatic rings. The first-order valence-corrected chi connectivity index (χ1v) is 4.89. The average Bonchev–Trinajstić information content (AvgIpc) is 2.13. The van der Waals surface area contributed by atoms with Crippen LogP contribution in [0.1, 0.15) is 26.5 Å². The molecule has 0 atom stereocenters. The van der Waals surface area contributed by atoms with Gasteiger partial charge in [-0.2, -0.15) is 0 Å². The highest BCUT2D eigenvalue weighted by Crippen LogP contribution is 2.03. The first-order valence-electron chi connectivity index (χ1n) is 4.89. The van der Waals surface area contributed by atoms with Crippen molar-refractivity contribution in [1.29, 1.82) is 0 Å². The van der Waals surface area contributed by atoms with Crippen LogP contribution in [-0.2, 0) is 11.3 Å². The molecule has 1 N–H and O–H groups in total. The summed E-state index contributed by atoms with van der Waals surface area (Å²) in [6.45, 7) is 6.83. The van der Waals surface area contributed by atoms with Gasteiger partial charge in [0, 0.05) is 24.9 Å². The van der Waals surface area contributed by atoms with E-state index in [2.05, 4.69) is 10.5 Å². The lowest BCUT2D eigenvalue weighted by Gasteiger charge is -2.19. The molecule has 0 saturated carbocycles. The van der Waals surface area contributed by atoms with Crippen LogP contribution in [0.2, 0.25) is 0 Å². The summed E-state index contributed by atoms with van der Waals surface area (Å²) >= 11 is 0. The summed E-state index contributed by atoms with van der Waals surface area (Å²) in [5.41, 5.74) is 3.88. The molecule has 1 aromatic heterocycles. The van der Waals surface area contributed by atoms with E-state index in [1.54, 1.807) is 6.20 Å². The molecule has 0 aliphatic carbocycles. The van der Waals surface area contributed by atoms with Crippen molar-refractivity contribution >= 4 is 0 Å². The fourth-order valence-corrected chi connectivity index (χ4v) is 0.993. The summed E-state index contributed by atoms with van der Waals surface area (Å²) in [6.07, 6.45) is 2.69. The highest BCUT2D eigenvalue weighted by molar-refractivity contribution is 5.03. The zero-order valence-corrected chi connectivity index (χ0v) is 9.08. The number of hydrogen-bond acceptors (Lipinski definition) is 3. The lowest BCUT2D eigenvalue weighted by molar-refractivity contribution is -0.0718. The van der Waals surface area contributed by atoms with E-state index in [9.17, 15) is 0 Å². The van der Waals surface area contributed by atoms with E-state index in [1.807, 2.05) is 39.0 Å². The first kappa shape index (κ1) is 11.1. The van der Waals surface area contributed by atoms with Gasteiger partial charge in [0.2, 0.25) is 0 Å². The third-order valence-electron chi connectivity index (χ3n) is 1.59. The molecule has 0 spiro atoms. The zero-order valence-electron chi connectivity index (χ0n) is 9.08. The topological polar surface area (TPSA) is 34.1 Å². The highest BCUT2D eigenvalue weighted by atomic mass is 16.7. The third-order valence-corrected chi connectivity index (χ3v) is 1.59. The predicted molar refractivity (Wildman–Crippen MR) is 56.8 cm³/mol. The molecule has 0 bridgehead atoms.